The summed E-state index contributed by atoms with van der Waals surface area (Å²) >= 11 is 0. The van der Waals surface area contributed by atoms with Gasteiger partial charge in [0.15, 0.2) is 12.6 Å². The van der Waals surface area contributed by atoms with Gasteiger partial charge in [0.1, 0.15) is 73.8 Å². The number of aliphatic hydroxyl groups excluding tert-OH is 11. The van der Waals surface area contributed by atoms with Crippen molar-refractivity contribution in [2.24, 2.45) is 0 Å². The van der Waals surface area contributed by atoms with Crippen molar-refractivity contribution >= 4 is 0 Å². The maximum Gasteiger partial charge on any atom is 0.224 e. The molecule has 0 aliphatic carbocycles. The molecule has 11 N–H and O–H groups in total. The summed E-state index contributed by atoms with van der Waals surface area (Å²) in [6.07, 6.45) is -22.3. The highest BCUT2D eigenvalue weighted by molar-refractivity contribution is 5.01. The van der Waals surface area contributed by atoms with Crippen molar-refractivity contribution in [1.82, 2.24) is 0 Å². The lowest BCUT2D eigenvalue weighted by Gasteiger charge is -2.45. The molecule has 0 spiro atoms. The molecule has 0 aromatic carbocycles. The molecule has 16 heteroatoms. The molecule has 3 saturated heterocycles. The molecule has 2 unspecified atom stereocenters. The second kappa shape index (κ2) is 11.2. The van der Waals surface area contributed by atoms with Crippen LogP contribution in [0.25, 0.3) is 0 Å². The molecule has 200 valence electrons. The SMILES string of the molecule is OC[C@H]1O[C@H](O[C@]2(CO)O[C@H](CO)[C@@H](O)[C@@H]2OC2O[C@H](CO)[C@@H](O)[C@H](O)[C@H]2O)[C@H](O)[C@@H](O)C1O. The van der Waals surface area contributed by atoms with Gasteiger partial charge in [-0.1, -0.05) is 0 Å². The summed E-state index contributed by atoms with van der Waals surface area (Å²) < 4.78 is 27.0. The summed E-state index contributed by atoms with van der Waals surface area (Å²) in [5, 5.41) is 109. The Morgan fingerprint density at radius 1 is 0.559 bits per heavy atom. The Labute approximate surface area is 192 Å². The van der Waals surface area contributed by atoms with Crippen LogP contribution in [0, 0.1) is 0 Å². The zero-order valence-corrected chi connectivity index (χ0v) is 17.8. The first kappa shape index (κ1) is 27.9. The van der Waals surface area contributed by atoms with Crippen molar-refractivity contribution in [3.05, 3.63) is 0 Å². The monoisotopic (exact) mass is 504 g/mol. The molecule has 3 heterocycles. The third kappa shape index (κ3) is 4.96. The highest BCUT2D eigenvalue weighted by Gasteiger charge is 2.61. The highest BCUT2D eigenvalue weighted by Crippen LogP contribution is 2.39. The molecule has 0 bridgehead atoms. The van der Waals surface area contributed by atoms with Gasteiger partial charge in [-0.25, -0.2) is 0 Å². The number of ether oxygens (including phenoxy) is 5. The molecule has 3 fully saturated rings. The van der Waals surface area contributed by atoms with Crippen LogP contribution in [0.3, 0.4) is 0 Å². The summed E-state index contributed by atoms with van der Waals surface area (Å²) in [5.41, 5.74) is 0. The molecule has 14 atom stereocenters. The minimum Gasteiger partial charge on any atom is -0.394 e. The van der Waals surface area contributed by atoms with E-state index in [0.717, 1.165) is 0 Å². The van der Waals surface area contributed by atoms with Crippen molar-refractivity contribution in [2.45, 2.75) is 85.5 Å². The number of hydrogen-bond acceptors (Lipinski definition) is 16. The highest BCUT2D eigenvalue weighted by atomic mass is 16.8. The summed E-state index contributed by atoms with van der Waals surface area (Å²) in [7, 11) is 0. The van der Waals surface area contributed by atoms with Gasteiger partial charge in [-0.05, 0) is 0 Å². The van der Waals surface area contributed by atoms with Gasteiger partial charge < -0.3 is 79.9 Å². The maximum absolute atomic E-state index is 10.6. The van der Waals surface area contributed by atoms with Gasteiger partial charge in [0.05, 0.1) is 19.8 Å². The van der Waals surface area contributed by atoms with E-state index in [1.165, 1.54) is 0 Å². The third-order valence-corrected chi connectivity index (χ3v) is 6.17. The van der Waals surface area contributed by atoms with E-state index < -0.39 is 112 Å². The van der Waals surface area contributed by atoms with Crippen molar-refractivity contribution in [3.8, 4) is 0 Å². The maximum atomic E-state index is 10.6. The Bertz CT molecular complexity index is 651. The molecular formula is C18H32O16. The Morgan fingerprint density at radius 2 is 1.03 bits per heavy atom. The Morgan fingerprint density at radius 3 is 1.50 bits per heavy atom. The zero-order chi connectivity index (χ0) is 25.4. The standard InChI is InChI=1S/C18H32O16/c19-1-5-8(23)11(26)13(28)16(30-5)32-15-10(25)7(3-21)33-18(15,4-22)34-17-14(29)12(27)9(24)6(2-20)31-17/h5-17,19-29H,1-4H2/t5-,6-,7-,8-,9?,10-,11+,12+,13-,14-,15+,16?,17-,18+/m1/s1. The molecule has 3 aliphatic heterocycles. The van der Waals surface area contributed by atoms with Crippen LogP contribution < -0.4 is 0 Å². The zero-order valence-electron chi connectivity index (χ0n) is 17.8. The minimum absolute atomic E-state index is 0.777. The topological polar surface area (TPSA) is 269 Å². The smallest absolute Gasteiger partial charge is 0.224 e. The van der Waals surface area contributed by atoms with Gasteiger partial charge in [0.25, 0.3) is 0 Å². The second-order valence-electron chi connectivity index (χ2n) is 8.37. The Balaban J connectivity index is 1.87. The van der Waals surface area contributed by atoms with Crippen LogP contribution >= 0.6 is 0 Å². The number of aliphatic hydroxyl groups is 11. The molecule has 3 aliphatic rings. The predicted octanol–water partition coefficient (Wildman–Crippen LogP) is -7.57. The van der Waals surface area contributed by atoms with E-state index in [0.29, 0.717) is 0 Å². The summed E-state index contributed by atoms with van der Waals surface area (Å²) in [4.78, 5) is 0. The van der Waals surface area contributed by atoms with Gasteiger partial charge >= 0.3 is 0 Å². The second-order valence-corrected chi connectivity index (χ2v) is 8.37. The van der Waals surface area contributed by atoms with E-state index in [2.05, 4.69) is 0 Å². The van der Waals surface area contributed by atoms with Crippen LogP contribution in [0.2, 0.25) is 0 Å². The van der Waals surface area contributed by atoms with Gasteiger partial charge in [0.2, 0.25) is 5.79 Å². The van der Waals surface area contributed by atoms with E-state index in [4.69, 9.17) is 23.7 Å². The van der Waals surface area contributed by atoms with Crippen LogP contribution in [0.15, 0.2) is 0 Å². The van der Waals surface area contributed by atoms with Gasteiger partial charge in [-0.2, -0.15) is 0 Å². The molecule has 0 aromatic heterocycles. The summed E-state index contributed by atoms with van der Waals surface area (Å²) in [6.45, 7) is -3.49. The minimum atomic E-state index is -2.43. The normalized spacial score (nSPS) is 52.1. The third-order valence-electron chi connectivity index (χ3n) is 6.17. The van der Waals surface area contributed by atoms with Gasteiger partial charge in [-0.15, -0.1) is 0 Å². The van der Waals surface area contributed by atoms with E-state index in [1.54, 1.807) is 0 Å². The van der Waals surface area contributed by atoms with Crippen LogP contribution in [-0.2, 0) is 23.7 Å². The van der Waals surface area contributed by atoms with E-state index >= 15 is 0 Å². The Kier molecular flexibility index (Phi) is 9.18. The summed E-state index contributed by atoms with van der Waals surface area (Å²) in [5.74, 6) is -2.43. The van der Waals surface area contributed by atoms with E-state index in [-0.39, 0.29) is 0 Å². The predicted molar refractivity (Wildman–Crippen MR) is 101 cm³/mol. The molecule has 0 saturated carbocycles. The lowest BCUT2D eigenvalue weighted by atomic mass is 9.98. The van der Waals surface area contributed by atoms with Crippen molar-refractivity contribution < 1.29 is 79.9 Å². The molecule has 34 heavy (non-hydrogen) atoms. The van der Waals surface area contributed by atoms with Crippen LogP contribution in [0.4, 0.5) is 0 Å². The van der Waals surface area contributed by atoms with Gasteiger partial charge in [0, 0.05) is 0 Å². The molecular weight excluding hydrogens is 472 g/mol. The Hall–Kier alpha value is -0.640. The van der Waals surface area contributed by atoms with Crippen LogP contribution in [0.1, 0.15) is 0 Å². The molecule has 3 rings (SSSR count). The number of rotatable bonds is 8. The first-order valence-electron chi connectivity index (χ1n) is 10.6. The van der Waals surface area contributed by atoms with Crippen LogP contribution in [-0.4, -0.2) is 168 Å². The van der Waals surface area contributed by atoms with Crippen molar-refractivity contribution in [3.63, 3.8) is 0 Å². The average Bonchev–Trinajstić information content (AvgIpc) is 3.10. The van der Waals surface area contributed by atoms with Crippen LogP contribution in [0.5, 0.6) is 0 Å². The largest absolute Gasteiger partial charge is 0.394 e. The molecule has 0 radical (unpaired) electrons. The molecule has 0 amide bonds. The quantitative estimate of drug-likeness (QED) is 0.146. The molecule has 0 aromatic rings. The van der Waals surface area contributed by atoms with E-state index in [9.17, 15) is 56.2 Å². The lowest BCUT2D eigenvalue weighted by Crippen LogP contribution is -2.64. The fourth-order valence-corrected chi connectivity index (χ4v) is 4.12. The lowest BCUT2D eigenvalue weighted by molar-refractivity contribution is -0.400. The fraction of sp³-hybridized carbons (Fsp3) is 1.00. The van der Waals surface area contributed by atoms with Crippen molar-refractivity contribution in [2.75, 3.05) is 26.4 Å². The van der Waals surface area contributed by atoms with Gasteiger partial charge in [-0.3, -0.25) is 0 Å². The molecule has 16 nitrogen and oxygen atoms in total. The first-order chi connectivity index (χ1) is 16.0. The van der Waals surface area contributed by atoms with E-state index in [1.807, 2.05) is 0 Å². The number of hydrogen-bond donors (Lipinski definition) is 11. The first-order valence-corrected chi connectivity index (χ1v) is 10.6. The summed E-state index contributed by atoms with van der Waals surface area (Å²) in [6, 6.07) is 0. The average molecular weight is 504 g/mol. The van der Waals surface area contributed by atoms with Crippen molar-refractivity contribution in [1.29, 1.82) is 0 Å². The fourth-order valence-electron chi connectivity index (χ4n) is 4.12.